The molecule has 0 aliphatic heterocycles. The van der Waals surface area contributed by atoms with Crippen LogP contribution in [-0.4, -0.2) is 101 Å². The molecule has 520 valence electrons. The third-order valence-corrected chi connectivity index (χ3v) is 0. The van der Waals surface area contributed by atoms with Crippen molar-refractivity contribution in [1.29, 1.82) is 0 Å². The SMILES string of the molecule is CC(C)(C)[NH3+].CC(C)(C)[NH3+].CC(C)(C)[NH3+].CC(C)(C)[NH3+].CC(C)(C)[NH3+].CC(C)(C)[NH3+].CC(C)(C)[NH3+].CC(C)(C)[NH3+].CC(C)(C)[NH3+].CC(C)(C)[NH3+].CC(C)(C)[NH3+].CC(C)(C)[NH3+].CC(C)(C)[NH3+].[F-].[O-]B([O-])[O-].[O-]B([O-])[O-].[O-]B([O-])[O-].[O-]B([O-])[O-]. The van der Waals surface area contributed by atoms with Gasteiger partial charge < -0.3 is 140 Å². The average Bonchev–Trinajstić information content (AvgIpc) is 2.78. The summed E-state index contributed by atoms with van der Waals surface area (Å²) in [6, 6.07) is 0. The fourth-order valence-corrected chi connectivity index (χ4v) is 0. The maximum absolute atomic E-state index is 8.42. The molecule has 0 heterocycles. The summed E-state index contributed by atoms with van der Waals surface area (Å²) in [7, 11) is -11.7. The molecular formula is C52H156B4FN13O12. The Kier molecular flexibility index (Phi) is 101. The summed E-state index contributed by atoms with van der Waals surface area (Å²) in [6.45, 7) is 81.0. The van der Waals surface area contributed by atoms with Crippen LogP contribution in [0, 0.1) is 0 Å². The zero-order valence-electron chi connectivity index (χ0n) is 62.3. The minimum absolute atomic E-state index is 0. The Balaban J connectivity index is -0.0000000332. The van der Waals surface area contributed by atoms with Crippen LogP contribution in [0.3, 0.4) is 0 Å². The van der Waals surface area contributed by atoms with Gasteiger partial charge in [0.1, 0.15) is 0 Å². The van der Waals surface area contributed by atoms with Crippen LogP contribution < -0.4 is 140 Å². The molecule has 0 amide bonds. The molecule has 0 aliphatic carbocycles. The van der Waals surface area contributed by atoms with E-state index in [0.717, 1.165) is 0 Å². The number of halogens is 1. The molecule has 0 atom stereocenters. The number of hydrogen-bond acceptors (Lipinski definition) is 12. The molecule has 0 saturated heterocycles. The molecule has 0 aromatic heterocycles. The number of rotatable bonds is 0. The van der Waals surface area contributed by atoms with Gasteiger partial charge in [-0.1, -0.05) is 0 Å². The minimum Gasteiger partial charge on any atom is -1.00 e. The van der Waals surface area contributed by atoms with E-state index < -0.39 is 29.3 Å². The number of quaternary nitrogens is 13. The number of hydrogen-bond donors (Lipinski definition) is 13. The van der Waals surface area contributed by atoms with Crippen molar-refractivity contribution in [2.24, 2.45) is 0 Å². The van der Waals surface area contributed by atoms with Crippen molar-refractivity contribution in [3.05, 3.63) is 0 Å². The molecule has 39 N–H and O–H groups in total. The Bertz CT molecular complexity index is 761. The molecule has 0 aromatic carbocycles. The van der Waals surface area contributed by atoms with Crippen LogP contribution in [0.4, 0.5) is 0 Å². The first kappa shape index (κ1) is 131. The molecule has 25 nitrogen and oxygen atoms in total. The van der Waals surface area contributed by atoms with Crippen molar-refractivity contribution in [2.75, 3.05) is 0 Å². The van der Waals surface area contributed by atoms with Gasteiger partial charge in [0.25, 0.3) is 0 Å². The lowest BCUT2D eigenvalue weighted by molar-refractivity contribution is -0.481. The van der Waals surface area contributed by atoms with E-state index in [4.69, 9.17) is 60.3 Å². The standard InChI is InChI=1S/13C4H11N.4BO3.FH/c13*1-4(2,3)5;4*2-1(3)4;/h13*5H2,1-3H3;;;;;1H/q;;;;;;;;;;;;;4*-3;/p+12. The van der Waals surface area contributed by atoms with Crippen molar-refractivity contribution in [3.8, 4) is 0 Å². The van der Waals surface area contributed by atoms with Crippen molar-refractivity contribution < 1.29 is 140 Å². The smallest absolute Gasteiger partial charge is 0.0860 e. The Morgan fingerprint density at radius 2 is 0.134 bits per heavy atom. The summed E-state index contributed by atoms with van der Waals surface area (Å²) in [6.07, 6.45) is 0. The monoisotopic (exact) mass is 1220 g/mol. The zero-order chi connectivity index (χ0) is 72.8. The maximum Gasteiger partial charge on any atom is 0.0860 e. The van der Waals surface area contributed by atoms with Crippen LogP contribution in [0.2, 0.25) is 0 Å². The van der Waals surface area contributed by atoms with Gasteiger partial charge >= 0.3 is 0 Å². The Morgan fingerprint density at radius 1 is 0.134 bits per heavy atom. The molecule has 0 fully saturated rings. The first-order chi connectivity index (χ1) is 32.9. The quantitative estimate of drug-likeness (QED) is 0.101. The van der Waals surface area contributed by atoms with Crippen LogP contribution in [0.25, 0.3) is 0 Å². The van der Waals surface area contributed by atoms with Gasteiger partial charge in [0.15, 0.2) is 0 Å². The van der Waals surface area contributed by atoms with E-state index in [0.29, 0.717) is 0 Å². The zero-order valence-corrected chi connectivity index (χ0v) is 62.3. The fraction of sp³-hybridized carbons (Fsp3) is 1.00. The largest absolute Gasteiger partial charge is 1.00 e. The molecule has 0 aliphatic rings. The molecular weight excluding hydrogens is 1060 g/mol. The first-order valence-corrected chi connectivity index (χ1v) is 26.9. The van der Waals surface area contributed by atoms with Gasteiger partial charge in [0.2, 0.25) is 0 Å². The van der Waals surface area contributed by atoms with Gasteiger partial charge in [-0.25, -0.2) is 0 Å². The van der Waals surface area contributed by atoms with Gasteiger partial charge in [-0.3, -0.25) is 29.3 Å². The molecule has 0 rings (SSSR count). The highest BCUT2D eigenvalue weighted by Crippen LogP contribution is 1.89. The van der Waals surface area contributed by atoms with Crippen molar-refractivity contribution >= 4 is 29.3 Å². The highest BCUT2D eigenvalue weighted by atomic mass is 19.0. The summed E-state index contributed by atoms with van der Waals surface area (Å²) in [4.78, 5) is 0. The maximum atomic E-state index is 8.42. The van der Waals surface area contributed by atoms with Gasteiger partial charge in [0.05, 0.1) is 72.0 Å². The van der Waals surface area contributed by atoms with Crippen LogP contribution in [0.1, 0.15) is 270 Å². The molecule has 0 spiro atoms. The highest BCUT2D eigenvalue weighted by Gasteiger charge is 2.06. The van der Waals surface area contributed by atoms with Crippen LogP contribution >= 0.6 is 0 Å². The van der Waals surface area contributed by atoms with E-state index >= 15 is 0 Å². The van der Waals surface area contributed by atoms with E-state index in [9.17, 15) is 0 Å². The van der Waals surface area contributed by atoms with Crippen molar-refractivity contribution in [3.63, 3.8) is 0 Å². The fourth-order valence-electron chi connectivity index (χ4n) is 0. The van der Waals surface area contributed by atoms with E-state index in [1.165, 1.54) is 0 Å². The normalized spacial score (nSPS) is 10.8. The molecule has 0 radical (unpaired) electrons. The van der Waals surface area contributed by atoms with Crippen molar-refractivity contribution in [1.82, 2.24) is 0 Å². The lowest BCUT2D eigenvalue weighted by Crippen LogP contribution is -3.00. The topological polar surface area (TPSA) is 636 Å². The predicted molar refractivity (Wildman–Crippen MR) is 317 cm³/mol. The first-order valence-electron chi connectivity index (χ1n) is 26.9. The molecule has 82 heavy (non-hydrogen) atoms. The van der Waals surface area contributed by atoms with E-state index in [1.807, 2.05) is 0 Å². The van der Waals surface area contributed by atoms with Gasteiger partial charge in [-0.2, -0.15) is 0 Å². The second-order valence-corrected chi connectivity index (χ2v) is 34.4. The highest BCUT2D eigenvalue weighted by molar-refractivity contribution is 6.24. The molecule has 30 heteroatoms. The third-order valence-electron chi connectivity index (χ3n) is 0. The second kappa shape index (κ2) is 63.2. The van der Waals surface area contributed by atoms with Gasteiger partial charge in [-0.05, 0) is 270 Å². The Hall–Kier alpha value is -0.810. The van der Waals surface area contributed by atoms with Gasteiger partial charge in [0, 0.05) is 0 Å². The van der Waals surface area contributed by atoms with E-state index in [-0.39, 0.29) is 76.7 Å². The summed E-state index contributed by atoms with van der Waals surface area (Å²) in [5, 5.41) is 101. The average molecular weight is 1220 g/mol. The lowest BCUT2D eigenvalue weighted by atomic mass is 10.1. The third kappa shape index (κ3) is 737000. The summed E-state index contributed by atoms with van der Waals surface area (Å²) >= 11 is 0. The predicted octanol–water partition coefficient (Wildman–Crippen LogP) is -18.4. The van der Waals surface area contributed by atoms with Crippen LogP contribution in [-0.2, 0) is 0 Å². The van der Waals surface area contributed by atoms with Crippen LogP contribution in [0.5, 0.6) is 0 Å². The van der Waals surface area contributed by atoms with Crippen molar-refractivity contribution in [2.45, 2.75) is 342 Å². The summed E-state index contributed by atoms with van der Waals surface area (Å²) in [5.74, 6) is 0. The lowest BCUT2D eigenvalue weighted by Gasteiger charge is -2.35. The van der Waals surface area contributed by atoms with E-state index in [2.05, 4.69) is 345 Å². The summed E-state index contributed by atoms with van der Waals surface area (Å²) in [5.41, 5.74) is 52.3. The molecule has 0 bridgehead atoms. The molecule has 0 aromatic rings. The minimum atomic E-state index is -2.92. The van der Waals surface area contributed by atoms with Gasteiger partial charge in [-0.15, -0.1) is 0 Å². The van der Waals surface area contributed by atoms with Crippen LogP contribution in [0.15, 0.2) is 0 Å². The Morgan fingerprint density at radius 3 is 0.134 bits per heavy atom. The summed E-state index contributed by atoms with van der Waals surface area (Å²) < 4.78 is 0. The molecule has 0 unspecified atom stereocenters. The molecule has 0 saturated carbocycles. The Labute approximate surface area is 509 Å². The van der Waals surface area contributed by atoms with E-state index in [1.54, 1.807) is 0 Å². The second-order valence-electron chi connectivity index (χ2n) is 34.4.